The summed E-state index contributed by atoms with van der Waals surface area (Å²) in [7, 11) is 0. The molecule has 7 heteroatoms. The quantitative estimate of drug-likeness (QED) is 0.618. The maximum absolute atomic E-state index is 12.6. The van der Waals surface area contributed by atoms with Crippen molar-refractivity contribution in [1.82, 2.24) is 0 Å². The Hall–Kier alpha value is -3.24. The highest BCUT2D eigenvalue weighted by Crippen LogP contribution is 2.40. The first-order valence-corrected chi connectivity index (χ1v) is 10.2. The van der Waals surface area contributed by atoms with Gasteiger partial charge >= 0.3 is 5.97 Å². The van der Waals surface area contributed by atoms with Crippen LogP contribution >= 0.6 is 15.9 Å². The van der Waals surface area contributed by atoms with Crippen molar-refractivity contribution < 1.29 is 19.0 Å². The maximum Gasteiger partial charge on any atom is 0.338 e. The van der Waals surface area contributed by atoms with E-state index in [9.17, 15) is 10.1 Å². The summed E-state index contributed by atoms with van der Waals surface area (Å²) >= 11 is 3.50. The molecule has 6 nitrogen and oxygen atoms in total. The fourth-order valence-electron chi connectivity index (χ4n) is 3.22. The largest absolute Gasteiger partial charge is 0.489 e. The molecule has 0 amide bonds. The Bertz CT molecular complexity index is 1050. The topological polar surface area (TPSA) is 94.6 Å². The summed E-state index contributed by atoms with van der Waals surface area (Å²) in [6, 6.07) is 17.1. The number of ether oxygens (including phenoxy) is 3. The van der Waals surface area contributed by atoms with Gasteiger partial charge in [-0.05, 0) is 37.6 Å². The summed E-state index contributed by atoms with van der Waals surface area (Å²) in [5, 5.41) is 9.63. The SMILES string of the molecule is CCOC(=O)C1=C(C)OC(N)=C(C#N)C1c1ccc(OCc2ccccc2Br)cc1. The maximum atomic E-state index is 12.6. The predicted octanol–water partition coefficient (Wildman–Crippen LogP) is 4.67. The van der Waals surface area contributed by atoms with Gasteiger partial charge in [0.05, 0.1) is 18.1 Å². The van der Waals surface area contributed by atoms with E-state index in [1.165, 1.54) is 0 Å². The fraction of sp³-hybridized carbons (Fsp3) is 0.217. The average Bonchev–Trinajstić information content (AvgIpc) is 2.73. The molecule has 0 saturated carbocycles. The van der Waals surface area contributed by atoms with Crippen LogP contribution in [0.15, 0.2) is 75.8 Å². The minimum Gasteiger partial charge on any atom is -0.489 e. The van der Waals surface area contributed by atoms with Gasteiger partial charge in [-0.3, -0.25) is 0 Å². The number of rotatable bonds is 6. The summed E-state index contributed by atoms with van der Waals surface area (Å²) in [5.41, 5.74) is 8.10. The third-order valence-electron chi connectivity index (χ3n) is 4.67. The van der Waals surface area contributed by atoms with Crippen molar-refractivity contribution >= 4 is 21.9 Å². The van der Waals surface area contributed by atoms with Gasteiger partial charge in [-0.1, -0.05) is 46.3 Å². The van der Waals surface area contributed by atoms with Crippen molar-refractivity contribution in [3.63, 3.8) is 0 Å². The Kier molecular flexibility index (Phi) is 6.80. The first kappa shape index (κ1) is 21.5. The number of hydrogen-bond donors (Lipinski definition) is 1. The van der Waals surface area contributed by atoms with Crippen LogP contribution in [0.4, 0.5) is 0 Å². The molecule has 0 fully saturated rings. The zero-order chi connectivity index (χ0) is 21.7. The molecule has 30 heavy (non-hydrogen) atoms. The van der Waals surface area contributed by atoms with Gasteiger partial charge in [0, 0.05) is 10.0 Å². The first-order valence-electron chi connectivity index (χ1n) is 9.37. The van der Waals surface area contributed by atoms with E-state index < -0.39 is 11.9 Å². The van der Waals surface area contributed by atoms with Crippen LogP contribution < -0.4 is 10.5 Å². The fourth-order valence-corrected chi connectivity index (χ4v) is 3.62. The van der Waals surface area contributed by atoms with Crippen molar-refractivity contribution in [3.8, 4) is 11.8 Å². The summed E-state index contributed by atoms with van der Waals surface area (Å²) in [5.74, 6) is -0.225. The molecule has 0 radical (unpaired) electrons. The number of nitrogens with zero attached hydrogens (tertiary/aromatic N) is 1. The molecule has 0 bridgehead atoms. The van der Waals surface area contributed by atoms with Gasteiger partial charge in [0.2, 0.25) is 5.88 Å². The number of halogens is 1. The van der Waals surface area contributed by atoms with Crippen LogP contribution in [0.25, 0.3) is 0 Å². The molecule has 1 aliphatic heterocycles. The molecule has 1 heterocycles. The smallest absolute Gasteiger partial charge is 0.338 e. The molecule has 2 aromatic rings. The van der Waals surface area contributed by atoms with Crippen LogP contribution in [0.1, 0.15) is 30.9 Å². The van der Waals surface area contributed by atoms with Crippen molar-refractivity contribution in [2.24, 2.45) is 5.73 Å². The van der Waals surface area contributed by atoms with E-state index in [4.69, 9.17) is 19.9 Å². The minimum absolute atomic E-state index is 0.0118. The number of hydrogen-bond acceptors (Lipinski definition) is 6. The van der Waals surface area contributed by atoms with Crippen LogP contribution in [0.5, 0.6) is 5.75 Å². The molecule has 0 spiro atoms. The van der Waals surface area contributed by atoms with Gasteiger partial charge in [-0.2, -0.15) is 5.26 Å². The second-order valence-electron chi connectivity index (χ2n) is 6.56. The Labute approximate surface area is 183 Å². The van der Waals surface area contributed by atoms with Crippen LogP contribution in [-0.2, 0) is 20.9 Å². The van der Waals surface area contributed by atoms with Gasteiger partial charge in [0.1, 0.15) is 29.8 Å². The number of nitrogens with two attached hydrogens (primary N) is 1. The lowest BCUT2D eigenvalue weighted by Crippen LogP contribution is -2.25. The highest BCUT2D eigenvalue weighted by Gasteiger charge is 2.36. The van der Waals surface area contributed by atoms with Crippen molar-refractivity contribution in [3.05, 3.63) is 86.9 Å². The van der Waals surface area contributed by atoms with Crippen molar-refractivity contribution in [2.75, 3.05) is 6.61 Å². The summed E-state index contributed by atoms with van der Waals surface area (Å²) in [4.78, 5) is 12.6. The molecule has 0 saturated heterocycles. The van der Waals surface area contributed by atoms with Gasteiger partial charge < -0.3 is 19.9 Å². The highest BCUT2D eigenvalue weighted by atomic mass is 79.9. The lowest BCUT2D eigenvalue weighted by atomic mass is 9.83. The van der Waals surface area contributed by atoms with Crippen LogP contribution in [0.2, 0.25) is 0 Å². The molecule has 3 rings (SSSR count). The number of nitriles is 1. The zero-order valence-corrected chi connectivity index (χ0v) is 18.2. The van der Waals surface area contributed by atoms with Crippen LogP contribution in [0, 0.1) is 11.3 Å². The number of allylic oxidation sites excluding steroid dienone is 2. The molecule has 154 valence electrons. The number of carbonyl (C=O) groups is 1. The van der Waals surface area contributed by atoms with Gasteiger partial charge in [0.15, 0.2) is 0 Å². The molecule has 1 unspecified atom stereocenters. The summed E-state index contributed by atoms with van der Waals surface area (Å²) < 4.78 is 17.4. The molecule has 0 aromatic heterocycles. The van der Waals surface area contributed by atoms with E-state index in [2.05, 4.69) is 22.0 Å². The molecule has 1 aliphatic rings. The minimum atomic E-state index is -0.667. The number of esters is 1. The van der Waals surface area contributed by atoms with E-state index in [0.29, 0.717) is 23.7 Å². The van der Waals surface area contributed by atoms with Gasteiger partial charge in [-0.25, -0.2) is 4.79 Å². The standard InChI is InChI=1S/C23H21BrN2O4/c1-3-28-23(27)20-14(2)30-22(26)18(12-25)21(20)15-8-10-17(11-9-15)29-13-16-6-4-5-7-19(16)24/h4-11,21H,3,13,26H2,1-2H3. The average molecular weight is 469 g/mol. The Balaban J connectivity index is 1.88. The number of carbonyl (C=O) groups excluding carboxylic acids is 1. The highest BCUT2D eigenvalue weighted by molar-refractivity contribution is 9.10. The zero-order valence-electron chi connectivity index (χ0n) is 16.6. The monoisotopic (exact) mass is 468 g/mol. The molecular weight excluding hydrogens is 448 g/mol. The van der Waals surface area contributed by atoms with E-state index in [-0.39, 0.29) is 23.6 Å². The molecule has 0 aliphatic carbocycles. The third kappa shape index (κ3) is 4.50. The molecular formula is C23H21BrN2O4. The van der Waals surface area contributed by atoms with Crippen molar-refractivity contribution in [2.45, 2.75) is 26.4 Å². The van der Waals surface area contributed by atoms with E-state index >= 15 is 0 Å². The first-order chi connectivity index (χ1) is 14.5. The lowest BCUT2D eigenvalue weighted by molar-refractivity contribution is -0.139. The summed E-state index contributed by atoms with van der Waals surface area (Å²) in [6.07, 6.45) is 0. The van der Waals surface area contributed by atoms with E-state index in [0.717, 1.165) is 10.0 Å². The summed E-state index contributed by atoms with van der Waals surface area (Å²) in [6.45, 7) is 3.97. The molecule has 1 atom stereocenters. The Morgan fingerprint density at radius 3 is 2.57 bits per heavy atom. The second kappa shape index (κ2) is 9.51. The molecule has 2 aromatic carbocycles. The van der Waals surface area contributed by atoms with Crippen LogP contribution in [0.3, 0.4) is 0 Å². The van der Waals surface area contributed by atoms with Gasteiger partial charge in [0.25, 0.3) is 0 Å². The second-order valence-corrected chi connectivity index (χ2v) is 7.42. The molecule has 2 N–H and O–H groups in total. The Morgan fingerprint density at radius 2 is 1.93 bits per heavy atom. The predicted molar refractivity (Wildman–Crippen MR) is 115 cm³/mol. The van der Waals surface area contributed by atoms with Crippen LogP contribution in [-0.4, -0.2) is 12.6 Å². The normalized spacial score (nSPS) is 16.0. The Morgan fingerprint density at radius 1 is 1.23 bits per heavy atom. The van der Waals surface area contributed by atoms with Crippen molar-refractivity contribution in [1.29, 1.82) is 5.26 Å². The lowest BCUT2D eigenvalue weighted by Gasteiger charge is -2.26. The van der Waals surface area contributed by atoms with Gasteiger partial charge in [-0.15, -0.1) is 0 Å². The third-order valence-corrected chi connectivity index (χ3v) is 5.44. The number of benzene rings is 2. The van der Waals surface area contributed by atoms with E-state index in [1.807, 2.05) is 36.4 Å². The van der Waals surface area contributed by atoms with E-state index in [1.54, 1.807) is 26.0 Å².